The fourth-order valence-electron chi connectivity index (χ4n) is 3.20. The second-order valence-corrected chi connectivity index (χ2v) is 6.80. The Morgan fingerprint density at radius 1 is 1.10 bits per heavy atom. The van der Waals surface area contributed by atoms with Gasteiger partial charge >= 0.3 is 5.97 Å². The smallest absolute Gasteiger partial charge is 0.338 e. The van der Waals surface area contributed by atoms with Crippen LogP contribution in [0, 0.1) is 0 Å². The minimum Gasteiger partial charge on any atom is -0.454 e. The van der Waals surface area contributed by atoms with Crippen LogP contribution in [0.3, 0.4) is 0 Å². The number of ether oxygens (including phenoxy) is 3. The van der Waals surface area contributed by atoms with E-state index in [1.165, 1.54) is 6.92 Å². The van der Waals surface area contributed by atoms with Crippen LogP contribution in [0.4, 0.5) is 11.4 Å². The van der Waals surface area contributed by atoms with Crippen molar-refractivity contribution in [2.24, 2.45) is 0 Å². The molecule has 0 bridgehead atoms. The van der Waals surface area contributed by atoms with E-state index in [0.717, 1.165) is 12.1 Å². The Morgan fingerprint density at radius 3 is 2.59 bits per heavy atom. The number of benzene rings is 2. The van der Waals surface area contributed by atoms with Crippen LogP contribution in [-0.4, -0.2) is 37.2 Å². The van der Waals surface area contributed by atoms with Crippen molar-refractivity contribution in [2.45, 2.75) is 25.9 Å². The number of fused-ring (bicyclic) bond motifs is 1. The summed E-state index contributed by atoms with van der Waals surface area (Å²) in [5.74, 6) is 0.161. The third kappa shape index (κ3) is 4.01. The summed E-state index contributed by atoms with van der Waals surface area (Å²) in [6.07, 6.45) is 0.381. The summed E-state index contributed by atoms with van der Waals surface area (Å²) in [6.45, 7) is 2.32. The molecule has 2 aliphatic rings. The first kappa shape index (κ1) is 18.8. The fourth-order valence-corrected chi connectivity index (χ4v) is 3.20. The molecule has 0 aromatic heterocycles. The molecule has 1 saturated heterocycles. The number of carbonyl (C=O) groups excluding carboxylic acids is 3. The first-order valence-electron chi connectivity index (χ1n) is 9.33. The number of hydrogen-bond donors (Lipinski definition) is 1. The highest BCUT2D eigenvalue weighted by Crippen LogP contribution is 2.34. The minimum absolute atomic E-state index is 0.0779. The normalized spacial score (nSPS) is 15.9. The number of nitrogens with zero attached hydrogens (tertiary/aromatic N) is 1. The van der Waals surface area contributed by atoms with Crippen molar-refractivity contribution >= 4 is 29.2 Å². The number of rotatable bonds is 5. The Morgan fingerprint density at radius 2 is 1.86 bits per heavy atom. The first-order valence-corrected chi connectivity index (χ1v) is 9.33. The molecule has 4 rings (SSSR count). The van der Waals surface area contributed by atoms with Gasteiger partial charge in [0.15, 0.2) is 17.6 Å². The van der Waals surface area contributed by atoms with E-state index in [1.807, 2.05) is 0 Å². The van der Waals surface area contributed by atoms with Crippen molar-refractivity contribution in [1.82, 2.24) is 0 Å². The summed E-state index contributed by atoms with van der Waals surface area (Å²) in [5, 5.41) is 2.68. The lowest BCUT2D eigenvalue weighted by Gasteiger charge is -2.16. The number of amides is 2. The Labute approximate surface area is 167 Å². The van der Waals surface area contributed by atoms with Crippen LogP contribution in [0.15, 0.2) is 42.5 Å². The predicted molar refractivity (Wildman–Crippen MR) is 104 cm³/mol. The molecule has 1 atom stereocenters. The summed E-state index contributed by atoms with van der Waals surface area (Å²) in [6, 6.07) is 11.6. The molecule has 2 amide bonds. The topological polar surface area (TPSA) is 94.2 Å². The van der Waals surface area contributed by atoms with E-state index in [-0.39, 0.29) is 12.7 Å². The molecule has 0 spiro atoms. The van der Waals surface area contributed by atoms with Gasteiger partial charge in [0.05, 0.1) is 5.56 Å². The third-order valence-corrected chi connectivity index (χ3v) is 4.78. The maximum absolute atomic E-state index is 12.3. The Kier molecular flexibility index (Phi) is 5.07. The van der Waals surface area contributed by atoms with Gasteiger partial charge in [0.1, 0.15) is 0 Å². The van der Waals surface area contributed by atoms with Crippen LogP contribution < -0.4 is 19.7 Å². The van der Waals surface area contributed by atoms with Crippen LogP contribution in [0.25, 0.3) is 0 Å². The van der Waals surface area contributed by atoms with E-state index >= 15 is 0 Å². The van der Waals surface area contributed by atoms with E-state index in [2.05, 4.69) is 5.32 Å². The van der Waals surface area contributed by atoms with Crippen LogP contribution in [0.1, 0.15) is 30.1 Å². The quantitative estimate of drug-likeness (QED) is 0.781. The molecular formula is C21H20N2O6. The number of nitrogens with one attached hydrogen (secondary N) is 1. The SMILES string of the molecule is C[C@H](OC(=O)c1ccc(N2CCCC2=O)cc1)C(=O)Nc1ccc2c(c1)OCO2. The molecule has 0 saturated carbocycles. The standard InChI is InChI=1S/C21H20N2O6/c1-13(20(25)22-15-6-9-17-18(11-15)28-12-27-17)29-21(26)14-4-7-16(8-5-14)23-10-2-3-19(23)24/h4-9,11,13H,2-3,10,12H2,1H3,(H,22,25)/t13-/m0/s1. The van der Waals surface area contributed by atoms with Crippen LogP contribution >= 0.6 is 0 Å². The highest BCUT2D eigenvalue weighted by atomic mass is 16.7. The summed E-state index contributed by atoms with van der Waals surface area (Å²) in [5.41, 5.74) is 1.57. The molecule has 1 N–H and O–H groups in total. The Hall–Kier alpha value is -3.55. The Bertz CT molecular complexity index is 956. The van der Waals surface area contributed by atoms with Gasteiger partial charge in [0.25, 0.3) is 5.91 Å². The summed E-state index contributed by atoms with van der Waals surface area (Å²) in [4.78, 5) is 38.2. The molecule has 0 radical (unpaired) electrons. The van der Waals surface area contributed by atoms with Gasteiger partial charge < -0.3 is 24.4 Å². The molecule has 0 aliphatic carbocycles. The van der Waals surface area contributed by atoms with Crippen LogP contribution in [0.5, 0.6) is 11.5 Å². The number of carbonyl (C=O) groups is 3. The molecule has 2 aliphatic heterocycles. The number of anilines is 2. The van der Waals surface area contributed by atoms with Gasteiger partial charge in [-0.1, -0.05) is 0 Å². The molecule has 1 fully saturated rings. The van der Waals surface area contributed by atoms with Crippen molar-refractivity contribution in [1.29, 1.82) is 0 Å². The molecule has 0 unspecified atom stereocenters. The van der Waals surface area contributed by atoms with Crippen molar-refractivity contribution in [3.8, 4) is 11.5 Å². The average molecular weight is 396 g/mol. The largest absolute Gasteiger partial charge is 0.454 e. The average Bonchev–Trinajstić information content (AvgIpc) is 3.36. The zero-order chi connectivity index (χ0) is 20.4. The maximum atomic E-state index is 12.3. The van der Waals surface area contributed by atoms with Gasteiger partial charge in [-0.2, -0.15) is 0 Å². The van der Waals surface area contributed by atoms with E-state index < -0.39 is 18.0 Å². The Balaban J connectivity index is 1.35. The molecule has 8 heteroatoms. The second kappa shape index (κ2) is 7.83. The monoisotopic (exact) mass is 396 g/mol. The highest BCUT2D eigenvalue weighted by Gasteiger charge is 2.23. The minimum atomic E-state index is -0.993. The summed E-state index contributed by atoms with van der Waals surface area (Å²) >= 11 is 0. The zero-order valence-electron chi connectivity index (χ0n) is 15.8. The van der Waals surface area contributed by atoms with Gasteiger partial charge in [0.2, 0.25) is 12.7 Å². The summed E-state index contributed by atoms with van der Waals surface area (Å²) < 4.78 is 15.8. The van der Waals surface area contributed by atoms with Gasteiger partial charge in [-0.3, -0.25) is 9.59 Å². The molecule has 2 aromatic carbocycles. The predicted octanol–water partition coefficient (Wildman–Crippen LogP) is 2.73. The van der Waals surface area contributed by atoms with Gasteiger partial charge in [-0.05, 0) is 49.7 Å². The van der Waals surface area contributed by atoms with E-state index in [9.17, 15) is 14.4 Å². The molecular weight excluding hydrogens is 376 g/mol. The molecule has 29 heavy (non-hydrogen) atoms. The fraction of sp³-hybridized carbons (Fsp3) is 0.286. The summed E-state index contributed by atoms with van der Waals surface area (Å²) in [7, 11) is 0. The lowest BCUT2D eigenvalue weighted by atomic mass is 10.2. The third-order valence-electron chi connectivity index (χ3n) is 4.78. The van der Waals surface area contributed by atoms with E-state index in [4.69, 9.17) is 14.2 Å². The maximum Gasteiger partial charge on any atom is 0.338 e. The zero-order valence-corrected chi connectivity index (χ0v) is 15.8. The van der Waals surface area contributed by atoms with E-state index in [1.54, 1.807) is 47.4 Å². The van der Waals surface area contributed by atoms with Crippen molar-refractivity contribution in [3.05, 3.63) is 48.0 Å². The van der Waals surface area contributed by atoms with Crippen molar-refractivity contribution < 1.29 is 28.6 Å². The van der Waals surface area contributed by atoms with Crippen molar-refractivity contribution in [3.63, 3.8) is 0 Å². The molecule has 2 heterocycles. The van der Waals surface area contributed by atoms with Crippen molar-refractivity contribution in [2.75, 3.05) is 23.6 Å². The van der Waals surface area contributed by atoms with E-state index in [0.29, 0.717) is 35.7 Å². The molecule has 150 valence electrons. The second-order valence-electron chi connectivity index (χ2n) is 6.80. The lowest BCUT2D eigenvalue weighted by Crippen LogP contribution is -2.30. The number of esters is 1. The lowest BCUT2D eigenvalue weighted by molar-refractivity contribution is -0.123. The molecule has 2 aromatic rings. The van der Waals surface area contributed by atoms with Crippen LogP contribution in [0.2, 0.25) is 0 Å². The van der Waals surface area contributed by atoms with Crippen LogP contribution in [-0.2, 0) is 14.3 Å². The molecule has 8 nitrogen and oxygen atoms in total. The van der Waals surface area contributed by atoms with Gasteiger partial charge in [0, 0.05) is 30.4 Å². The first-order chi connectivity index (χ1) is 14.0. The van der Waals surface area contributed by atoms with Gasteiger partial charge in [-0.15, -0.1) is 0 Å². The van der Waals surface area contributed by atoms with Gasteiger partial charge in [-0.25, -0.2) is 4.79 Å². The highest BCUT2D eigenvalue weighted by molar-refractivity contribution is 5.98. The number of hydrogen-bond acceptors (Lipinski definition) is 6.